The van der Waals surface area contributed by atoms with Crippen LogP contribution in [0.1, 0.15) is 72.9 Å². The predicted molar refractivity (Wildman–Crippen MR) is 156 cm³/mol. The normalized spacial score (nSPS) is 21.4. The molecule has 5 atom stereocenters. The van der Waals surface area contributed by atoms with Gasteiger partial charge in [-0.1, -0.05) is 85.8 Å². The van der Waals surface area contributed by atoms with E-state index in [9.17, 15) is 14.7 Å². The molecule has 1 amide bonds. The molecule has 1 saturated heterocycles. The van der Waals surface area contributed by atoms with Crippen LogP contribution in [0.5, 0.6) is 0 Å². The van der Waals surface area contributed by atoms with Crippen LogP contribution in [0.3, 0.4) is 0 Å². The number of carbonyl (C=O) groups excluding carboxylic acids is 1. The molecule has 0 saturated carbocycles. The minimum absolute atomic E-state index is 0.00967. The van der Waals surface area contributed by atoms with Crippen molar-refractivity contribution in [3.63, 3.8) is 0 Å². The molecule has 218 valence electrons. The number of likely N-dealkylation sites (N-methyl/N-ethyl adjacent to an activating group) is 1. The maximum atomic E-state index is 11.9. The number of aliphatic carboxylic acids is 1. The van der Waals surface area contributed by atoms with Crippen molar-refractivity contribution >= 4 is 11.9 Å². The minimum Gasteiger partial charge on any atom is -0.481 e. The van der Waals surface area contributed by atoms with Crippen molar-refractivity contribution in [1.82, 2.24) is 10.2 Å². The standard InChI is InChI=1S/C33H40N2O6/c1-22-29(20-35(3)23(2)26-7-5-4-6-8-26)40-33(41-32(22)27-13-11-25(21-36)12-14-27)28-15-9-24(10-16-28)19-34-30(37)17-18-31(38)39/h4-16,22-23,29,32-33,36H,17-21H2,1-3H3,(H,34,37)(H,38,39)/t22-,23-,29+,32+,33+/m0/s1. The van der Waals surface area contributed by atoms with Gasteiger partial charge in [-0.15, -0.1) is 0 Å². The number of carboxylic acid groups (broad SMARTS) is 1. The average molecular weight is 561 g/mol. The van der Waals surface area contributed by atoms with E-state index < -0.39 is 12.3 Å². The van der Waals surface area contributed by atoms with Gasteiger partial charge in [0.15, 0.2) is 6.29 Å². The zero-order valence-electron chi connectivity index (χ0n) is 23.9. The van der Waals surface area contributed by atoms with Crippen molar-refractivity contribution in [2.45, 2.75) is 64.4 Å². The van der Waals surface area contributed by atoms with Gasteiger partial charge in [0.05, 0.1) is 25.2 Å². The largest absolute Gasteiger partial charge is 0.481 e. The highest BCUT2D eigenvalue weighted by Crippen LogP contribution is 2.42. The van der Waals surface area contributed by atoms with E-state index in [4.69, 9.17) is 14.6 Å². The smallest absolute Gasteiger partial charge is 0.303 e. The highest BCUT2D eigenvalue weighted by molar-refractivity contribution is 5.80. The molecule has 1 aliphatic rings. The second-order valence-electron chi connectivity index (χ2n) is 10.8. The summed E-state index contributed by atoms with van der Waals surface area (Å²) in [5.41, 5.74) is 4.90. The summed E-state index contributed by atoms with van der Waals surface area (Å²) >= 11 is 0. The van der Waals surface area contributed by atoms with Crippen LogP contribution in [-0.2, 0) is 32.2 Å². The van der Waals surface area contributed by atoms with Gasteiger partial charge in [-0.2, -0.15) is 0 Å². The van der Waals surface area contributed by atoms with Crippen LogP contribution in [0.15, 0.2) is 78.9 Å². The number of benzene rings is 3. The van der Waals surface area contributed by atoms with Gasteiger partial charge in [-0.05, 0) is 36.2 Å². The minimum atomic E-state index is -0.993. The number of carboxylic acids is 1. The van der Waals surface area contributed by atoms with Gasteiger partial charge in [0.2, 0.25) is 5.91 Å². The summed E-state index contributed by atoms with van der Waals surface area (Å²) in [7, 11) is 2.11. The van der Waals surface area contributed by atoms with E-state index in [1.807, 2.05) is 54.6 Å². The number of amides is 1. The number of aliphatic hydroxyl groups excluding tert-OH is 1. The first-order valence-electron chi connectivity index (χ1n) is 14.1. The SMILES string of the molecule is C[C@H]1[C@@H](CN(C)[C@@H](C)c2ccccc2)O[C@@H](c2ccc(CNC(=O)CCC(=O)O)cc2)O[C@H]1c1ccc(CO)cc1. The number of hydrogen-bond acceptors (Lipinski definition) is 6. The third kappa shape index (κ3) is 8.24. The number of carbonyl (C=O) groups is 2. The van der Waals surface area contributed by atoms with Crippen molar-refractivity contribution in [2.75, 3.05) is 13.6 Å². The third-order valence-electron chi connectivity index (χ3n) is 7.84. The maximum absolute atomic E-state index is 11.9. The van der Waals surface area contributed by atoms with Crippen LogP contribution in [0.25, 0.3) is 0 Å². The lowest BCUT2D eigenvalue weighted by atomic mass is 9.89. The molecule has 8 nitrogen and oxygen atoms in total. The van der Waals surface area contributed by atoms with Crippen molar-refractivity contribution < 1.29 is 29.3 Å². The molecule has 1 fully saturated rings. The van der Waals surface area contributed by atoms with Gasteiger partial charge >= 0.3 is 5.97 Å². The molecule has 0 aromatic heterocycles. The van der Waals surface area contributed by atoms with E-state index in [0.717, 1.165) is 22.3 Å². The van der Waals surface area contributed by atoms with Crippen LogP contribution < -0.4 is 5.32 Å². The summed E-state index contributed by atoms with van der Waals surface area (Å²) in [6.07, 6.45) is -1.14. The summed E-state index contributed by atoms with van der Waals surface area (Å²) in [4.78, 5) is 24.9. The van der Waals surface area contributed by atoms with Gasteiger partial charge < -0.3 is 25.0 Å². The molecule has 41 heavy (non-hydrogen) atoms. The molecule has 0 spiro atoms. The molecule has 0 radical (unpaired) electrons. The molecule has 1 heterocycles. The molecule has 0 unspecified atom stereocenters. The van der Waals surface area contributed by atoms with E-state index in [1.54, 1.807) is 0 Å². The van der Waals surface area contributed by atoms with Crippen molar-refractivity contribution in [3.05, 3.63) is 107 Å². The van der Waals surface area contributed by atoms with Crippen molar-refractivity contribution in [2.24, 2.45) is 5.92 Å². The quantitative estimate of drug-likeness (QED) is 0.281. The average Bonchev–Trinajstić information content (AvgIpc) is 3.00. The van der Waals surface area contributed by atoms with Crippen LogP contribution in [0.4, 0.5) is 0 Å². The Labute approximate surface area is 241 Å². The Balaban J connectivity index is 1.50. The highest BCUT2D eigenvalue weighted by Gasteiger charge is 2.39. The Kier molecular flexibility index (Phi) is 10.7. The monoisotopic (exact) mass is 560 g/mol. The summed E-state index contributed by atoms with van der Waals surface area (Å²) < 4.78 is 13.2. The molecule has 3 aromatic carbocycles. The fourth-order valence-electron chi connectivity index (χ4n) is 5.06. The summed E-state index contributed by atoms with van der Waals surface area (Å²) in [6, 6.07) is 26.2. The number of rotatable bonds is 12. The summed E-state index contributed by atoms with van der Waals surface area (Å²) in [5.74, 6) is -1.22. The van der Waals surface area contributed by atoms with E-state index in [-0.39, 0.29) is 49.5 Å². The number of hydrogen-bond donors (Lipinski definition) is 3. The first-order chi connectivity index (χ1) is 19.7. The summed E-state index contributed by atoms with van der Waals surface area (Å²) in [6.45, 7) is 5.36. The lowest BCUT2D eigenvalue weighted by Gasteiger charge is -2.43. The first kappa shape index (κ1) is 30.4. The van der Waals surface area contributed by atoms with E-state index in [2.05, 4.69) is 55.4 Å². The van der Waals surface area contributed by atoms with Gasteiger partial charge in [0.1, 0.15) is 0 Å². The van der Waals surface area contributed by atoms with Crippen molar-refractivity contribution in [1.29, 1.82) is 0 Å². The summed E-state index contributed by atoms with van der Waals surface area (Å²) in [5, 5.41) is 21.0. The second-order valence-corrected chi connectivity index (χ2v) is 10.8. The molecule has 1 aliphatic heterocycles. The van der Waals surface area contributed by atoms with Crippen LogP contribution in [-0.4, -0.2) is 46.7 Å². The molecule has 4 rings (SSSR count). The highest BCUT2D eigenvalue weighted by atomic mass is 16.7. The zero-order chi connectivity index (χ0) is 29.4. The number of nitrogens with zero attached hydrogens (tertiary/aromatic N) is 1. The Morgan fingerprint density at radius 3 is 2.17 bits per heavy atom. The third-order valence-corrected chi connectivity index (χ3v) is 7.84. The Morgan fingerprint density at radius 2 is 1.54 bits per heavy atom. The van der Waals surface area contributed by atoms with Gasteiger partial charge in [0, 0.05) is 37.0 Å². The molecule has 0 bridgehead atoms. The van der Waals surface area contributed by atoms with E-state index in [0.29, 0.717) is 13.1 Å². The fraction of sp³-hybridized carbons (Fsp3) is 0.394. The first-order valence-corrected chi connectivity index (χ1v) is 14.1. The molecule has 3 aromatic rings. The van der Waals surface area contributed by atoms with E-state index >= 15 is 0 Å². The number of nitrogens with one attached hydrogen (secondary N) is 1. The Bertz CT molecular complexity index is 1270. The maximum Gasteiger partial charge on any atom is 0.303 e. The van der Waals surface area contributed by atoms with Crippen LogP contribution >= 0.6 is 0 Å². The topological polar surface area (TPSA) is 108 Å². The molecule has 8 heteroatoms. The van der Waals surface area contributed by atoms with Crippen LogP contribution in [0, 0.1) is 5.92 Å². The molecule has 0 aliphatic carbocycles. The number of aliphatic hydroxyl groups is 1. The fourth-order valence-corrected chi connectivity index (χ4v) is 5.06. The molecular formula is C33H40N2O6. The van der Waals surface area contributed by atoms with Gasteiger partial charge in [0.25, 0.3) is 0 Å². The Morgan fingerprint density at radius 1 is 0.902 bits per heavy atom. The van der Waals surface area contributed by atoms with Gasteiger partial charge in [-0.25, -0.2) is 0 Å². The Hall–Kier alpha value is -3.56. The van der Waals surface area contributed by atoms with E-state index in [1.165, 1.54) is 5.56 Å². The lowest BCUT2D eigenvalue weighted by Crippen LogP contribution is -2.44. The van der Waals surface area contributed by atoms with Gasteiger partial charge in [-0.3, -0.25) is 14.5 Å². The number of ether oxygens (including phenoxy) is 2. The predicted octanol–water partition coefficient (Wildman–Crippen LogP) is 5.14. The second kappa shape index (κ2) is 14.4. The lowest BCUT2D eigenvalue weighted by molar-refractivity contribution is -0.276. The molecule has 3 N–H and O–H groups in total. The zero-order valence-corrected chi connectivity index (χ0v) is 23.9. The van der Waals surface area contributed by atoms with Crippen LogP contribution in [0.2, 0.25) is 0 Å². The molecular weight excluding hydrogens is 520 g/mol. The van der Waals surface area contributed by atoms with Crippen molar-refractivity contribution in [3.8, 4) is 0 Å².